The summed E-state index contributed by atoms with van der Waals surface area (Å²) in [5.74, 6) is -0.141. The topological polar surface area (TPSA) is 60.7 Å². The lowest BCUT2D eigenvalue weighted by molar-refractivity contribution is -0.150. The fourth-order valence-corrected chi connectivity index (χ4v) is 2.29. The van der Waals surface area contributed by atoms with Crippen molar-refractivity contribution in [3.8, 4) is 5.75 Å². The molecule has 0 saturated heterocycles. The van der Waals surface area contributed by atoms with Gasteiger partial charge < -0.3 is 19.1 Å². The van der Waals surface area contributed by atoms with Gasteiger partial charge in [0.2, 0.25) is 0 Å². The molecule has 0 amide bonds. The fourth-order valence-electron chi connectivity index (χ4n) is 2.29. The van der Waals surface area contributed by atoms with Crippen LogP contribution >= 0.6 is 0 Å². The highest BCUT2D eigenvalue weighted by Gasteiger charge is 2.19. The summed E-state index contributed by atoms with van der Waals surface area (Å²) in [5, 5.41) is 10.2. The van der Waals surface area contributed by atoms with Gasteiger partial charge in [0.1, 0.15) is 5.75 Å². The maximum atomic E-state index is 11.2. The van der Waals surface area contributed by atoms with Gasteiger partial charge in [-0.25, -0.2) is 4.79 Å². The van der Waals surface area contributed by atoms with E-state index in [1.54, 1.807) is 6.92 Å². The number of aromatic nitrogens is 1. The Morgan fingerprint density at radius 1 is 1.33 bits per heavy atom. The molecule has 5 heteroatoms. The van der Waals surface area contributed by atoms with Crippen LogP contribution in [-0.4, -0.2) is 34.5 Å². The van der Waals surface area contributed by atoms with Gasteiger partial charge in [-0.1, -0.05) is 6.07 Å². The lowest BCUT2D eigenvalue weighted by atomic mass is 10.2. The minimum atomic E-state index is -0.951. The molecule has 114 valence electrons. The standard InChI is InChI=1S/C16H21NO4/c1-4-20-15(16(18)19)10-17-9-8-12-13(17)6-5-7-14(12)21-11(2)3/h5-9,11,15H,4,10H2,1-3H3,(H,18,19). The van der Waals surface area contributed by atoms with Crippen molar-refractivity contribution in [1.82, 2.24) is 4.57 Å². The van der Waals surface area contributed by atoms with E-state index in [1.807, 2.05) is 48.9 Å². The first kappa shape index (κ1) is 15.4. The molecule has 0 radical (unpaired) electrons. The highest BCUT2D eigenvalue weighted by molar-refractivity contribution is 5.86. The van der Waals surface area contributed by atoms with Crippen LogP contribution < -0.4 is 4.74 Å². The molecule has 21 heavy (non-hydrogen) atoms. The van der Waals surface area contributed by atoms with E-state index in [0.29, 0.717) is 6.61 Å². The van der Waals surface area contributed by atoms with E-state index in [-0.39, 0.29) is 12.6 Å². The Labute approximate surface area is 124 Å². The highest BCUT2D eigenvalue weighted by Crippen LogP contribution is 2.27. The molecule has 0 aliphatic carbocycles. The van der Waals surface area contributed by atoms with Crippen LogP contribution in [-0.2, 0) is 16.1 Å². The van der Waals surface area contributed by atoms with Gasteiger partial charge in [0.05, 0.1) is 18.2 Å². The number of fused-ring (bicyclic) bond motifs is 1. The molecule has 2 aromatic rings. The number of aliphatic carboxylic acids is 1. The molecular weight excluding hydrogens is 270 g/mol. The average molecular weight is 291 g/mol. The molecule has 1 N–H and O–H groups in total. The van der Waals surface area contributed by atoms with E-state index in [2.05, 4.69) is 0 Å². The van der Waals surface area contributed by atoms with E-state index in [0.717, 1.165) is 16.7 Å². The van der Waals surface area contributed by atoms with E-state index in [9.17, 15) is 9.90 Å². The fraction of sp³-hybridized carbons (Fsp3) is 0.438. The third-order valence-electron chi connectivity index (χ3n) is 3.14. The van der Waals surface area contributed by atoms with Gasteiger partial charge in [0, 0.05) is 18.2 Å². The number of hydrogen-bond acceptors (Lipinski definition) is 3. The third-order valence-corrected chi connectivity index (χ3v) is 3.14. The Morgan fingerprint density at radius 2 is 2.10 bits per heavy atom. The summed E-state index contributed by atoms with van der Waals surface area (Å²) >= 11 is 0. The van der Waals surface area contributed by atoms with E-state index < -0.39 is 12.1 Å². The maximum absolute atomic E-state index is 11.2. The number of carboxylic acid groups (broad SMARTS) is 1. The molecule has 1 heterocycles. The summed E-state index contributed by atoms with van der Waals surface area (Å²) < 4.78 is 12.9. The number of benzene rings is 1. The molecule has 0 spiro atoms. The Bertz CT molecular complexity index is 618. The van der Waals surface area contributed by atoms with Gasteiger partial charge in [0.15, 0.2) is 6.10 Å². The summed E-state index contributed by atoms with van der Waals surface area (Å²) in [6.07, 6.45) is 1.11. The molecular formula is C16H21NO4. The SMILES string of the molecule is CCOC(Cn1ccc2c(OC(C)C)cccc21)C(=O)O. The van der Waals surface area contributed by atoms with Crippen molar-refractivity contribution in [2.24, 2.45) is 0 Å². The Morgan fingerprint density at radius 3 is 2.71 bits per heavy atom. The number of ether oxygens (including phenoxy) is 2. The van der Waals surface area contributed by atoms with Crippen LogP contribution in [0.1, 0.15) is 20.8 Å². The first-order valence-corrected chi connectivity index (χ1v) is 7.11. The summed E-state index contributed by atoms with van der Waals surface area (Å²) in [6, 6.07) is 7.72. The van der Waals surface area contributed by atoms with Gasteiger partial charge >= 0.3 is 5.97 Å². The number of carboxylic acids is 1. The number of nitrogens with zero attached hydrogens (tertiary/aromatic N) is 1. The second-order valence-electron chi connectivity index (χ2n) is 5.11. The van der Waals surface area contributed by atoms with Crippen molar-refractivity contribution in [2.45, 2.75) is 39.5 Å². The molecule has 0 bridgehead atoms. The second kappa shape index (κ2) is 6.63. The Kier molecular flexibility index (Phi) is 4.85. The minimum Gasteiger partial charge on any atom is -0.490 e. The number of hydrogen-bond donors (Lipinski definition) is 1. The van der Waals surface area contributed by atoms with Crippen molar-refractivity contribution in [2.75, 3.05) is 6.61 Å². The van der Waals surface area contributed by atoms with Gasteiger partial charge in [-0.3, -0.25) is 0 Å². The van der Waals surface area contributed by atoms with Crippen molar-refractivity contribution in [1.29, 1.82) is 0 Å². The van der Waals surface area contributed by atoms with Crippen LogP contribution in [0.3, 0.4) is 0 Å². The first-order valence-electron chi connectivity index (χ1n) is 7.11. The summed E-state index contributed by atoms with van der Waals surface area (Å²) in [5.41, 5.74) is 0.944. The molecule has 2 rings (SSSR count). The predicted molar refractivity (Wildman–Crippen MR) is 80.8 cm³/mol. The zero-order chi connectivity index (χ0) is 15.4. The second-order valence-corrected chi connectivity index (χ2v) is 5.11. The number of carbonyl (C=O) groups is 1. The lowest BCUT2D eigenvalue weighted by Gasteiger charge is -2.15. The van der Waals surface area contributed by atoms with Crippen molar-refractivity contribution in [3.63, 3.8) is 0 Å². The van der Waals surface area contributed by atoms with Gasteiger partial charge in [-0.15, -0.1) is 0 Å². The van der Waals surface area contributed by atoms with E-state index in [4.69, 9.17) is 9.47 Å². The van der Waals surface area contributed by atoms with Gasteiger partial charge in [-0.2, -0.15) is 0 Å². The highest BCUT2D eigenvalue weighted by atomic mass is 16.5. The zero-order valence-corrected chi connectivity index (χ0v) is 12.6. The van der Waals surface area contributed by atoms with Crippen LogP contribution in [0, 0.1) is 0 Å². The quantitative estimate of drug-likeness (QED) is 0.852. The lowest BCUT2D eigenvalue weighted by Crippen LogP contribution is -2.28. The normalized spacial score (nSPS) is 12.8. The third kappa shape index (κ3) is 3.55. The average Bonchev–Trinajstić information content (AvgIpc) is 2.82. The van der Waals surface area contributed by atoms with Crippen LogP contribution in [0.5, 0.6) is 5.75 Å². The molecule has 5 nitrogen and oxygen atoms in total. The predicted octanol–water partition coefficient (Wildman–Crippen LogP) is 2.92. The van der Waals surface area contributed by atoms with E-state index >= 15 is 0 Å². The van der Waals surface area contributed by atoms with Crippen LogP contribution in [0.15, 0.2) is 30.5 Å². The minimum absolute atomic E-state index is 0.0918. The maximum Gasteiger partial charge on any atom is 0.334 e. The van der Waals surface area contributed by atoms with Gasteiger partial charge in [-0.05, 0) is 39.0 Å². The molecule has 1 unspecified atom stereocenters. The largest absolute Gasteiger partial charge is 0.490 e. The molecule has 1 aromatic heterocycles. The zero-order valence-electron chi connectivity index (χ0n) is 12.6. The molecule has 1 atom stereocenters. The van der Waals surface area contributed by atoms with Crippen molar-refractivity contribution < 1.29 is 19.4 Å². The number of rotatable bonds is 7. The smallest absolute Gasteiger partial charge is 0.334 e. The van der Waals surface area contributed by atoms with Crippen molar-refractivity contribution >= 4 is 16.9 Å². The van der Waals surface area contributed by atoms with Crippen LogP contribution in [0.2, 0.25) is 0 Å². The molecule has 1 aromatic carbocycles. The molecule has 0 saturated carbocycles. The van der Waals surface area contributed by atoms with E-state index in [1.165, 1.54) is 0 Å². The van der Waals surface area contributed by atoms with Gasteiger partial charge in [0.25, 0.3) is 0 Å². The summed E-state index contributed by atoms with van der Waals surface area (Å²) in [6.45, 7) is 6.39. The molecule has 0 aliphatic rings. The van der Waals surface area contributed by atoms with Crippen LogP contribution in [0.4, 0.5) is 0 Å². The molecule has 0 fully saturated rings. The van der Waals surface area contributed by atoms with Crippen LogP contribution in [0.25, 0.3) is 10.9 Å². The van der Waals surface area contributed by atoms with Crippen molar-refractivity contribution in [3.05, 3.63) is 30.5 Å². The molecule has 0 aliphatic heterocycles. The summed E-state index contributed by atoms with van der Waals surface area (Å²) in [4.78, 5) is 11.2. The Hall–Kier alpha value is -2.01. The Balaban J connectivity index is 2.31. The monoisotopic (exact) mass is 291 g/mol. The summed E-state index contributed by atoms with van der Waals surface area (Å²) in [7, 11) is 0. The first-order chi connectivity index (χ1) is 10.0.